The van der Waals surface area contributed by atoms with Crippen LogP contribution in [-0.2, 0) is 9.59 Å². The standard InChI is InChI=1S/C12H13NO5/c14-4-3-8(12(16)17)7-1-2-10-9(5-7)13-11(15)6-18-10/h1-2,5,8,14H,3-4,6H2,(H,13,15)(H,16,17). The van der Waals surface area contributed by atoms with Crippen LogP contribution in [0.25, 0.3) is 0 Å². The van der Waals surface area contributed by atoms with Gasteiger partial charge < -0.3 is 20.3 Å². The van der Waals surface area contributed by atoms with Crippen molar-refractivity contribution in [1.82, 2.24) is 0 Å². The summed E-state index contributed by atoms with van der Waals surface area (Å²) >= 11 is 0. The number of hydrogen-bond acceptors (Lipinski definition) is 4. The van der Waals surface area contributed by atoms with E-state index in [1.54, 1.807) is 18.2 Å². The molecule has 96 valence electrons. The number of amides is 1. The van der Waals surface area contributed by atoms with Crippen LogP contribution in [0.5, 0.6) is 5.75 Å². The van der Waals surface area contributed by atoms with Crippen molar-refractivity contribution in [3.63, 3.8) is 0 Å². The molecule has 2 rings (SSSR count). The van der Waals surface area contributed by atoms with Crippen molar-refractivity contribution in [3.05, 3.63) is 23.8 Å². The van der Waals surface area contributed by atoms with Gasteiger partial charge in [-0.25, -0.2) is 0 Å². The van der Waals surface area contributed by atoms with Gasteiger partial charge in [0.15, 0.2) is 6.61 Å². The van der Waals surface area contributed by atoms with Crippen molar-refractivity contribution in [3.8, 4) is 5.75 Å². The van der Waals surface area contributed by atoms with Gasteiger partial charge in [0, 0.05) is 6.61 Å². The Morgan fingerprint density at radius 2 is 2.28 bits per heavy atom. The normalized spacial score (nSPS) is 15.3. The van der Waals surface area contributed by atoms with E-state index < -0.39 is 11.9 Å². The number of aliphatic hydroxyl groups excluding tert-OH is 1. The largest absolute Gasteiger partial charge is 0.482 e. The van der Waals surface area contributed by atoms with Gasteiger partial charge >= 0.3 is 5.97 Å². The average Bonchev–Trinajstić information content (AvgIpc) is 2.34. The number of carboxylic acid groups (broad SMARTS) is 1. The van der Waals surface area contributed by atoms with Crippen LogP contribution in [0.15, 0.2) is 18.2 Å². The van der Waals surface area contributed by atoms with Crippen molar-refractivity contribution >= 4 is 17.6 Å². The number of carboxylic acids is 1. The third kappa shape index (κ3) is 2.43. The molecule has 1 amide bonds. The Balaban J connectivity index is 2.31. The number of carbonyl (C=O) groups excluding carboxylic acids is 1. The van der Waals surface area contributed by atoms with Crippen molar-refractivity contribution in [2.45, 2.75) is 12.3 Å². The molecule has 0 spiro atoms. The number of anilines is 1. The summed E-state index contributed by atoms with van der Waals surface area (Å²) in [4.78, 5) is 22.3. The Morgan fingerprint density at radius 1 is 1.50 bits per heavy atom. The summed E-state index contributed by atoms with van der Waals surface area (Å²) < 4.78 is 5.18. The number of benzene rings is 1. The molecule has 1 aromatic rings. The van der Waals surface area contributed by atoms with Crippen LogP contribution in [0.1, 0.15) is 17.9 Å². The molecule has 0 aliphatic carbocycles. The molecule has 18 heavy (non-hydrogen) atoms. The molecule has 1 unspecified atom stereocenters. The van der Waals surface area contributed by atoms with E-state index in [-0.39, 0.29) is 25.5 Å². The van der Waals surface area contributed by atoms with Crippen LogP contribution >= 0.6 is 0 Å². The quantitative estimate of drug-likeness (QED) is 0.727. The first-order valence-corrected chi connectivity index (χ1v) is 5.52. The average molecular weight is 251 g/mol. The summed E-state index contributed by atoms with van der Waals surface area (Å²) in [6.45, 7) is -0.248. The Hall–Kier alpha value is -2.08. The number of nitrogens with one attached hydrogen (secondary N) is 1. The molecule has 6 nitrogen and oxygen atoms in total. The highest BCUT2D eigenvalue weighted by Gasteiger charge is 2.22. The van der Waals surface area contributed by atoms with E-state index in [0.717, 1.165) is 0 Å². The number of fused-ring (bicyclic) bond motifs is 1. The number of ether oxygens (including phenoxy) is 1. The second-order valence-corrected chi connectivity index (χ2v) is 4.00. The molecule has 0 radical (unpaired) electrons. The topological polar surface area (TPSA) is 95.9 Å². The fraction of sp³-hybridized carbons (Fsp3) is 0.333. The first-order valence-electron chi connectivity index (χ1n) is 5.52. The lowest BCUT2D eigenvalue weighted by atomic mass is 9.95. The SMILES string of the molecule is O=C1COc2ccc(C(CCO)C(=O)O)cc2N1. The lowest BCUT2D eigenvalue weighted by Gasteiger charge is -2.20. The van der Waals surface area contributed by atoms with Gasteiger partial charge in [0.1, 0.15) is 5.75 Å². The van der Waals surface area contributed by atoms with Gasteiger partial charge in [-0.15, -0.1) is 0 Å². The fourth-order valence-electron chi connectivity index (χ4n) is 1.88. The van der Waals surface area contributed by atoms with Gasteiger partial charge in [-0.2, -0.15) is 0 Å². The molecule has 6 heteroatoms. The van der Waals surface area contributed by atoms with Crippen LogP contribution in [0.3, 0.4) is 0 Å². The van der Waals surface area contributed by atoms with Crippen LogP contribution in [0.2, 0.25) is 0 Å². The maximum Gasteiger partial charge on any atom is 0.311 e. The maximum absolute atomic E-state index is 11.2. The van der Waals surface area contributed by atoms with E-state index in [0.29, 0.717) is 17.0 Å². The van der Waals surface area contributed by atoms with Crippen molar-refractivity contribution in [2.75, 3.05) is 18.5 Å². The lowest BCUT2D eigenvalue weighted by molar-refractivity contribution is -0.139. The second kappa shape index (κ2) is 5.05. The molecule has 1 aliphatic heterocycles. The molecular formula is C12H13NO5. The van der Waals surface area contributed by atoms with Crippen LogP contribution in [0.4, 0.5) is 5.69 Å². The minimum absolute atomic E-state index is 0.0364. The first-order chi connectivity index (χ1) is 8.61. The third-order valence-corrected chi connectivity index (χ3v) is 2.75. The van der Waals surface area contributed by atoms with Gasteiger partial charge in [-0.3, -0.25) is 9.59 Å². The van der Waals surface area contributed by atoms with Crippen molar-refractivity contribution in [1.29, 1.82) is 0 Å². The smallest absolute Gasteiger partial charge is 0.311 e. The van der Waals surface area contributed by atoms with E-state index in [1.165, 1.54) is 0 Å². The van der Waals surface area contributed by atoms with Crippen LogP contribution in [-0.4, -0.2) is 35.3 Å². The molecule has 1 atom stereocenters. The summed E-state index contributed by atoms with van der Waals surface area (Å²) in [5.41, 5.74) is 0.994. The molecule has 1 aliphatic rings. The zero-order valence-corrected chi connectivity index (χ0v) is 9.55. The highest BCUT2D eigenvalue weighted by Crippen LogP contribution is 2.32. The number of hydrogen-bond donors (Lipinski definition) is 3. The van der Waals surface area contributed by atoms with Gasteiger partial charge in [0.05, 0.1) is 11.6 Å². The summed E-state index contributed by atoms with van der Waals surface area (Å²) in [5.74, 6) is -1.55. The zero-order valence-electron chi connectivity index (χ0n) is 9.55. The van der Waals surface area contributed by atoms with Gasteiger partial charge in [-0.1, -0.05) is 6.07 Å². The van der Waals surface area contributed by atoms with E-state index in [4.69, 9.17) is 14.9 Å². The highest BCUT2D eigenvalue weighted by molar-refractivity contribution is 5.95. The number of aliphatic hydroxyl groups is 1. The minimum atomic E-state index is -1.01. The maximum atomic E-state index is 11.2. The molecule has 3 N–H and O–H groups in total. The van der Waals surface area contributed by atoms with Crippen molar-refractivity contribution < 1.29 is 24.5 Å². The molecule has 1 aromatic carbocycles. The summed E-state index contributed by atoms with van der Waals surface area (Å²) in [6, 6.07) is 4.82. The second-order valence-electron chi connectivity index (χ2n) is 4.00. The van der Waals surface area contributed by atoms with E-state index in [2.05, 4.69) is 5.32 Å². The third-order valence-electron chi connectivity index (χ3n) is 2.75. The Labute approximate surface area is 103 Å². The highest BCUT2D eigenvalue weighted by atomic mass is 16.5. The number of rotatable bonds is 4. The number of aliphatic carboxylic acids is 1. The van der Waals surface area contributed by atoms with E-state index in [9.17, 15) is 9.59 Å². The molecular weight excluding hydrogens is 238 g/mol. The van der Waals surface area contributed by atoms with Crippen LogP contribution < -0.4 is 10.1 Å². The molecule has 0 saturated carbocycles. The van der Waals surface area contributed by atoms with Gasteiger partial charge in [-0.05, 0) is 24.1 Å². The predicted octanol–water partition coefficient (Wildman–Crippen LogP) is 0.568. The van der Waals surface area contributed by atoms with Crippen molar-refractivity contribution in [2.24, 2.45) is 0 Å². The van der Waals surface area contributed by atoms with Crippen LogP contribution in [0, 0.1) is 0 Å². The Morgan fingerprint density at radius 3 is 2.94 bits per heavy atom. The Bertz CT molecular complexity index is 485. The number of carbonyl (C=O) groups is 2. The molecule has 0 fully saturated rings. The van der Waals surface area contributed by atoms with Gasteiger partial charge in [0.2, 0.25) is 0 Å². The lowest BCUT2D eigenvalue weighted by Crippen LogP contribution is -2.25. The summed E-state index contributed by atoms with van der Waals surface area (Å²) in [7, 11) is 0. The first kappa shape index (κ1) is 12.4. The predicted molar refractivity (Wildman–Crippen MR) is 62.6 cm³/mol. The molecule has 0 bridgehead atoms. The Kier molecular flexibility index (Phi) is 3.47. The molecule has 1 heterocycles. The minimum Gasteiger partial charge on any atom is -0.482 e. The molecule has 0 aromatic heterocycles. The zero-order chi connectivity index (χ0) is 13.1. The van der Waals surface area contributed by atoms with E-state index >= 15 is 0 Å². The molecule has 0 saturated heterocycles. The van der Waals surface area contributed by atoms with Gasteiger partial charge in [0.25, 0.3) is 5.91 Å². The van der Waals surface area contributed by atoms with E-state index in [1.807, 2.05) is 0 Å². The summed E-state index contributed by atoms with van der Waals surface area (Å²) in [5, 5.41) is 20.6. The monoisotopic (exact) mass is 251 g/mol. The fourth-order valence-corrected chi connectivity index (χ4v) is 1.88. The summed E-state index contributed by atoms with van der Waals surface area (Å²) in [6.07, 6.45) is 0.128.